The number of nitrogens with one attached hydrogen (secondary N) is 2. The predicted octanol–water partition coefficient (Wildman–Crippen LogP) is 2.90. The van der Waals surface area contributed by atoms with Gasteiger partial charge in [-0.1, -0.05) is 13.8 Å². The lowest BCUT2D eigenvalue weighted by molar-refractivity contribution is 0.365. The lowest BCUT2D eigenvalue weighted by Crippen LogP contribution is -2.43. The van der Waals surface area contributed by atoms with Gasteiger partial charge in [0.1, 0.15) is 9.84 Å². The van der Waals surface area contributed by atoms with Gasteiger partial charge in [0, 0.05) is 30.6 Å². The van der Waals surface area contributed by atoms with Crippen molar-refractivity contribution in [2.24, 2.45) is 10.4 Å². The third kappa shape index (κ3) is 10.3. The highest BCUT2D eigenvalue weighted by Crippen LogP contribution is 2.28. The molecule has 0 amide bonds. The van der Waals surface area contributed by atoms with E-state index in [1.165, 1.54) is 25.5 Å². The number of thioether (sulfide) groups is 1. The molecule has 0 aromatic carbocycles. The Balaban J connectivity index is 0.00000529. The second-order valence-electron chi connectivity index (χ2n) is 7.25. The maximum Gasteiger partial charge on any atom is 0.191 e. The number of aliphatic imine (C=N–C) groups is 1. The van der Waals surface area contributed by atoms with Crippen molar-refractivity contribution in [3.8, 4) is 0 Å². The second-order valence-corrected chi connectivity index (χ2v) is 10.6. The number of guanidine groups is 1. The van der Waals surface area contributed by atoms with E-state index in [2.05, 4.69) is 37.7 Å². The summed E-state index contributed by atoms with van der Waals surface area (Å²) in [4.78, 5) is 4.69. The van der Waals surface area contributed by atoms with Gasteiger partial charge < -0.3 is 10.6 Å². The molecule has 0 spiro atoms. The van der Waals surface area contributed by atoms with Crippen LogP contribution in [0.5, 0.6) is 0 Å². The van der Waals surface area contributed by atoms with Crippen LogP contribution in [-0.2, 0) is 9.84 Å². The van der Waals surface area contributed by atoms with Crippen molar-refractivity contribution >= 4 is 51.5 Å². The molecule has 2 N–H and O–H groups in total. The summed E-state index contributed by atoms with van der Waals surface area (Å²) in [6.07, 6.45) is 7.73. The van der Waals surface area contributed by atoms with Crippen LogP contribution in [0.2, 0.25) is 0 Å². The van der Waals surface area contributed by atoms with E-state index < -0.39 is 9.84 Å². The van der Waals surface area contributed by atoms with Crippen molar-refractivity contribution < 1.29 is 8.42 Å². The van der Waals surface area contributed by atoms with Gasteiger partial charge in [0.25, 0.3) is 0 Å². The van der Waals surface area contributed by atoms with Crippen molar-refractivity contribution in [3.63, 3.8) is 0 Å². The first-order chi connectivity index (χ1) is 10.6. The SMILES string of the molecule is CCNC(=NCC(C)(C)CCS(C)(=O)=O)NC1CCC(SC)C1.I. The van der Waals surface area contributed by atoms with Crippen LogP contribution < -0.4 is 10.6 Å². The summed E-state index contributed by atoms with van der Waals surface area (Å²) in [7, 11) is -2.92. The van der Waals surface area contributed by atoms with Crippen LogP contribution in [0.4, 0.5) is 0 Å². The van der Waals surface area contributed by atoms with E-state index >= 15 is 0 Å². The Bertz CT molecular complexity index is 496. The van der Waals surface area contributed by atoms with Crippen molar-refractivity contribution in [2.45, 2.75) is 57.7 Å². The monoisotopic (exact) mass is 491 g/mol. The average molecular weight is 492 g/mol. The fourth-order valence-corrected chi connectivity index (χ4v) is 4.35. The summed E-state index contributed by atoms with van der Waals surface area (Å²) in [6, 6.07) is 0.490. The van der Waals surface area contributed by atoms with E-state index in [1.807, 2.05) is 11.8 Å². The summed E-state index contributed by atoms with van der Waals surface area (Å²) >= 11 is 1.95. The molecule has 1 saturated carbocycles. The van der Waals surface area contributed by atoms with Crippen LogP contribution in [0.15, 0.2) is 4.99 Å². The van der Waals surface area contributed by atoms with Crippen molar-refractivity contribution in [1.29, 1.82) is 0 Å². The van der Waals surface area contributed by atoms with E-state index in [1.54, 1.807) is 0 Å². The van der Waals surface area contributed by atoms with E-state index in [9.17, 15) is 8.42 Å². The van der Waals surface area contributed by atoms with E-state index in [0.29, 0.717) is 19.0 Å². The molecule has 1 aliphatic rings. The molecule has 0 heterocycles. The largest absolute Gasteiger partial charge is 0.357 e. The third-order valence-electron chi connectivity index (χ3n) is 4.22. The van der Waals surface area contributed by atoms with Crippen LogP contribution in [0.3, 0.4) is 0 Å². The average Bonchev–Trinajstić information content (AvgIpc) is 2.90. The molecular weight excluding hydrogens is 457 g/mol. The lowest BCUT2D eigenvalue weighted by Gasteiger charge is -2.23. The Morgan fingerprint density at radius 2 is 2.00 bits per heavy atom. The Morgan fingerprint density at radius 3 is 2.50 bits per heavy atom. The second kappa shape index (κ2) is 11.1. The van der Waals surface area contributed by atoms with Gasteiger partial charge in [-0.05, 0) is 44.3 Å². The van der Waals surface area contributed by atoms with Crippen LogP contribution in [0, 0.1) is 5.41 Å². The minimum atomic E-state index is -2.92. The molecule has 1 aliphatic carbocycles. The van der Waals surface area contributed by atoms with Crippen molar-refractivity contribution in [3.05, 3.63) is 0 Å². The zero-order chi connectivity index (χ0) is 17.5. The topological polar surface area (TPSA) is 70.6 Å². The first-order valence-electron chi connectivity index (χ1n) is 8.40. The number of sulfone groups is 1. The fourth-order valence-electron chi connectivity index (χ4n) is 2.63. The Kier molecular flexibility index (Phi) is 11.2. The Labute approximate surface area is 169 Å². The van der Waals surface area contributed by atoms with Gasteiger partial charge in [-0.3, -0.25) is 4.99 Å². The molecule has 2 unspecified atom stereocenters. The molecule has 0 radical (unpaired) electrons. The Morgan fingerprint density at radius 1 is 1.33 bits per heavy atom. The smallest absolute Gasteiger partial charge is 0.191 e. The zero-order valence-corrected chi connectivity index (χ0v) is 19.6. The maximum absolute atomic E-state index is 11.3. The van der Waals surface area contributed by atoms with Crippen LogP contribution in [-0.4, -0.2) is 57.0 Å². The molecule has 1 rings (SSSR count). The van der Waals surface area contributed by atoms with Crippen molar-refractivity contribution in [2.75, 3.05) is 31.4 Å². The maximum atomic E-state index is 11.3. The van der Waals surface area contributed by atoms with Gasteiger partial charge in [0.2, 0.25) is 0 Å². The molecule has 0 saturated heterocycles. The minimum absolute atomic E-state index is 0. The molecule has 0 aliphatic heterocycles. The summed E-state index contributed by atoms with van der Waals surface area (Å²) in [5.74, 6) is 1.07. The molecule has 0 bridgehead atoms. The minimum Gasteiger partial charge on any atom is -0.357 e. The van der Waals surface area contributed by atoms with E-state index in [-0.39, 0.29) is 35.1 Å². The summed E-state index contributed by atoms with van der Waals surface area (Å²) in [6.45, 7) is 7.66. The van der Waals surface area contributed by atoms with Gasteiger partial charge in [0.15, 0.2) is 5.96 Å². The highest BCUT2D eigenvalue weighted by atomic mass is 127. The van der Waals surface area contributed by atoms with Gasteiger partial charge in [0.05, 0.1) is 5.75 Å². The summed E-state index contributed by atoms with van der Waals surface area (Å²) in [5, 5.41) is 7.59. The van der Waals surface area contributed by atoms with E-state index in [0.717, 1.165) is 17.8 Å². The number of halogens is 1. The highest BCUT2D eigenvalue weighted by Gasteiger charge is 2.25. The molecule has 2 atom stereocenters. The van der Waals surface area contributed by atoms with Gasteiger partial charge in [-0.25, -0.2) is 8.42 Å². The van der Waals surface area contributed by atoms with Crippen molar-refractivity contribution in [1.82, 2.24) is 10.6 Å². The normalized spacial score (nSPS) is 22.1. The quantitative estimate of drug-likeness (QED) is 0.311. The Hall–Kier alpha value is 0.300. The number of hydrogen-bond donors (Lipinski definition) is 2. The third-order valence-corrected chi connectivity index (χ3v) is 6.26. The highest BCUT2D eigenvalue weighted by molar-refractivity contribution is 14.0. The summed E-state index contributed by atoms with van der Waals surface area (Å²) < 4.78 is 22.7. The van der Waals surface area contributed by atoms with Gasteiger partial charge >= 0.3 is 0 Å². The molecular formula is C16H34IN3O2S2. The van der Waals surface area contributed by atoms with Crippen LogP contribution >= 0.6 is 35.7 Å². The molecule has 5 nitrogen and oxygen atoms in total. The lowest BCUT2D eigenvalue weighted by atomic mass is 9.90. The molecule has 1 fully saturated rings. The van der Waals surface area contributed by atoms with Crippen LogP contribution in [0.25, 0.3) is 0 Å². The standard InChI is InChI=1S/C16H33N3O2S2.HI/c1-6-17-15(19-13-7-8-14(11-13)22-4)18-12-16(2,3)9-10-23(5,20)21;/h13-14H,6-12H2,1-5H3,(H2,17,18,19);1H. The van der Waals surface area contributed by atoms with Crippen LogP contribution in [0.1, 0.15) is 46.5 Å². The molecule has 0 aromatic rings. The molecule has 8 heteroatoms. The number of rotatable bonds is 8. The zero-order valence-electron chi connectivity index (χ0n) is 15.6. The molecule has 0 aromatic heterocycles. The number of nitrogens with zero attached hydrogens (tertiary/aromatic N) is 1. The number of hydrogen-bond acceptors (Lipinski definition) is 4. The molecule has 24 heavy (non-hydrogen) atoms. The summed E-state index contributed by atoms with van der Waals surface area (Å²) in [5.41, 5.74) is -0.122. The van der Waals surface area contributed by atoms with E-state index in [4.69, 9.17) is 4.99 Å². The van der Waals surface area contributed by atoms with Gasteiger partial charge in [-0.2, -0.15) is 11.8 Å². The first-order valence-corrected chi connectivity index (χ1v) is 11.8. The van der Waals surface area contributed by atoms with Gasteiger partial charge in [-0.15, -0.1) is 24.0 Å². The molecule has 144 valence electrons. The predicted molar refractivity (Wildman–Crippen MR) is 118 cm³/mol. The first kappa shape index (κ1) is 24.3. The fraction of sp³-hybridized carbons (Fsp3) is 0.938.